The van der Waals surface area contributed by atoms with Crippen molar-refractivity contribution >= 4 is 23.2 Å². The molecule has 0 aliphatic rings. The Morgan fingerprint density at radius 2 is 1.95 bits per heavy atom. The third kappa shape index (κ3) is 5.00. The maximum absolute atomic E-state index is 11.7. The first kappa shape index (κ1) is 15.2. The fraction of sp³-hybridized carbons (Fsp3) is 0.267. The van der Waals surface area contributed by atoms with Gasteiger partial charge >= 0.3 is 0 Å². The highest BCUT2D eigenvalue weighted by atomic mass is 32.1. The lowest BCUT2D eigenvalue weighted by Gasteiger charge is -2.06. The summed E-state index contributed by atoms with van der Waals surface area (Å²) in [6.07, 6.45) is 0.697. The van der Waals surface area contributed by atoms with Gasteiger partial charge in [0.1, 0.15) is 0 Å². The van der Waals surface area contributed by atoms with E-state index in [-0.39, 0.29) is 18.4 Å². The number of carbonyl (C=O) groups excluding carboxylic acids is 2. The number of aromatic nitrogens is 1. The second kappa shape index (κ2) is 7.54. The lowest BCUT2D eigenvalue weighted by Crippen LogP contribution is -2.37. The van der Waals surface area contributed by atoms with E-state index in [9.17, 15) is 9.59 Å². The quantitative estimate of drug-likeness (QED) is 0.850. The predicted octanol–water partition coefficient (Wildman–Crippen LogP) is 1.54. The summed E-state index contributed by atoms with van der Waals surface area (Å²) in [6.45, 7) is 2.44. The minimum absolute atomic E-state index is 0.0240. The minimum Gasteiger partial charge on any atom is -0.354 e. The van der Waals surface area contributed by atoms with Gasteiger partial charge < -0.3 is 10.6 Å². The molecule has 0 fully saturated rings. The molecule has 1 heterocycles. The number of carbonyl (C=O) groups is 2. The molecule has 2 aromatic rings. The lowest BCUT2D eigenvalue weighted by atomic mass is 10.2. The van der Waals surface area contributed by atoms with Gasteiger partial charge in [-0.3, -0.25) is 9.59 Å². The Balaban J connectivity index is 1.67. The van der Waals surface area contributed by atoms with Crippen molar-refractivity contribution in [3.05, 3.63) is 52.0 Å². The maximum Gasteiger partial charge on any atom is 0.251 e. The van der Waals surface area contributed by atoms with E-state index in [0.717, 1.165) is 10.7 Å². The van der Waals surface area contributed by atoms with E-state index in [1.165, 1.54) is 0 Å². The van der Waals surface area contributed by atoms with Crippen LogP contribution in [0.5, 0.6) is 0 Å². The van der Waals surface area contributed by atoms with Crippen LogP contribution in [0.25, 0.3) is 0 Å². The SMILES string of the molecule is Cc1nc(CCNC(=O)CNC(=O)c2ccccc2)cs1. The van der Waals surface area contributed by atoms with Gasteiger partial charge in [-0.2, -0.15) is 0 Å². The molecule has 1 aromatic carbocycles. The zero-order valence-electron chi connectivity index (χ0n) is 11.8. The van der Waals surface area contributed by atoms with Gasteiger partial charge in [-0.25, -0.2) is 4.98 Å². The summed E-state index contributed by atoms with van der Waals surface area (Å²) in [5, 5.41) is 8.35. The second-order valence-electron chi connectivity index (χ2n) is 4.51. The van der Waals surface area contributed by atoms with Crippen LogP contribution >= 0.6 is 11.3 Å². The molecule has 2 amide bonds. The predicted molar refractivity (Wildman–Crippen MR) is 82.3 cm³/mol. The van der Waals surface area contributed by atoms with E-state index in [1.54, 1.807) is 35.6 Å². The van der Waals surface area contributed by atoms with Crippen molar-refractivity contribution in [3.8, 4) is 0 Å². The van der Waals surface area contributed by atoms with Crippen LogP contribution < -0.4 is 10.6 Å². The molecule has 0 unspecified atom stereocenters. The molecule has 0 bridgehead atoms. The molecular formula is C15H17N3O2S. The van der Waals surface area contributed by atoms with Gasteiger partial charge in [0, 0.05) is 23.9 Å². The van der Waals surface area contributed by atoms with Crippen LogP contribution in [0, 0.1) is 6.92 Å². The fourth-order valence-corrected chi connectivity index (χ4v) is 2.41. The van der Waals surface area contributed by atoms with E-state index < -0.39 is 0 Å². The number of nitrogens with one attached hydrogen (secondary N) is 2. The van der Waals surface area contributed by atoms with Gasteiger partial charge in [0.25, 0.3) is 5.91 Å². The summed E-state index contributed by atoms with van der Waals surface area (Å²) in [4.78, 5) is 27.7. The summed E-state index contributed by atoms with van der Waals surface area (Å²) >= 11 is 1.59. The number of nitrogens with zero attached hydrogens (tertiary/aromatic N) is 1. The molecule has 6 heteroatoms. The Hall–Kier alpha value is -2.21. The van der Waals surface area contributed by atoms with Crippen molar-refractivity contribution in [3.63, 3.8) is 0 Å². The largest absolute Gasteiger partial charge is 0.354 e. The van der Waals surface area contributed by atoms with Crippen LogP contribution in [0.2, 0.25) is 0 Å². The lowest BCUT2D eigenvalue weighted by molar-refractivity contribution is -0.120. The standard InChI is InChI=1S/C15H17N3O2S/c1-11-18-13(10-21-11)7-8-16-14(19)9-17-15(20)12-5-3-2-4-6-12/h2-6,10H,7-9H2,1H3,(H,16,19)(H,17,20). The molecule has 2 N–H and O–H groups in total. The normalized spacial score (nSPS) is 10.1. The van der Waals surface area contributed by atoms with Gasteiger partial charge in [-0.15, -0.1) is 11.3 Å². The number of benzene rings is 1. The molecule has 0 spiro atoms. The number of rotatable bonds is 6. The monoisotopic (exact) mass is 303 g/mol. The zero-order chi connectivity index (χ0) is 15.1. The van der Waals surface area contributed by atoms with E-state index >= 15 is 0 Å². The average Bonchev–Trinajstić information content (AvgIpc) is 2.91. The summed E-state index contributed by atoms with van der Waals surface area (Å²) < 4.78 is 0. The van der Waals surface area contributed by atoms with Crippen LogP contribution in [-0.4, -0.2) is 29.9 Å². The third-order valence-corrected chi connectivity index (χ3v) is 3.64. The highest BCUT2D eigenvalue weighted by Gasteiger charge is 2.07. The van der Waals surface area contributed by atoms with Crippen molar-refractivity contribution in [1.82, 2.24) is 15.6 Å². The Morgan fingerprint density at radius 3 is 2.62 bits per heavy atom. The van der Waals surface area contributed by atoms with Gasteiger partial charge in [0.15, 0.2) is 0 Å². The molecule has 2 rings (SSSR count). The molecule has 0 atom stereocenters. The van der Waals surface area contributed by atoms with E-state index in [4.69, 9.17) is 0 Å². The molecule has 110 valence electrons. The van der Waals surface area contributed by atoms with E-state index in [1.807, 2.05) is 18.4 Å². The van der Waals surface area contributed by atoms with Gasteiger partial charge in [-0.1, -0.05) is 18.2 Å². The van der Waals surface area contributed by atoms with Crippen molar-refractivity contribution in [2.75, 3.05) is 13.1 Å². The first-order valence-corrected chi connectivity index (χ1v) is 7.54. The van der Waals surface area contributed by atoms with Crippen LogP contribution in [0.1, 0.15) is 21.1 Å². The molecule has 21 heavy (non-hydrogen) atoms. The average molecular weight is 303 g/mol. The minimum atomic E-state index is -0.249. The molecular weight excluding hydrogens is 286 g/mol. The summed E-state index contributed by atoms with van der Waals surface area (Å²) in [7, 11) is 0. The van der Waals surface area contributed by atoms with Crippen molar-refractivity contribution < 1.29 is 9.59 Å². The Labute approximate surface area is 127 Å². The second-order valence-corrected chi connectivity index (χ2v) is 5.57. The molecule has 0 aliphatic carbocycles. The Morgan fingerprint density at radius 1 is 1.19 bits per heavy atom. The molecule has 5 nitrogen and oxygen atoms in total. The topological polar surface area (TPSA) is 71.1 Å². The Bertz CT molecular complexity index is 610. The highest BCUT2D eigenvalue weighted by molar-refractivity contribution is 7.09. The van der Waals surface area contributed by atoms with Crippen LogP contribution in [0.3, 0.4) is 0 Å². The number of aryl methyl sites for hydroxylation is 1. The van der Waals surface area contributed by atoms with Crippen molar-refractivity contribution in [1.29, 1.82) is 0 Å². The van der Waals surface area contributed by atoms with Gasteiger partial charge in [-0.05, 0) is 19.1 Å². The highest BCUT2D eigenvalue weighted by Crippen LogP contribution is 2.07. The first-order valence-electron chi connectivity index (χ1n) is 6.66. The number of hydrogen-bond acceptors (Lipinski definition) is 4. The molecule has 0 saturated carbocycles. The number of hydrogen-bond donors (Lipinski definition) is 2. The molecule has 0 aliphatic heterocycles. The fourth-order valence-electron chi connectivity index (χ4n) is 1.77. The number of thiazole rings is 1. The third-order valence-electron chi connectivity index (χ3n) is 2.82. The van der Waals surface area contributed by atoms with Gasteiger partial charge in [0.2, 0.25) is 5.91 Å². The Kier molecular flexibility index (Phi) is 5.45. The van der Waals surface area contributed by atoms with Gasteiger partial charge in [0.05, 0.1) is 17.2 Å². The first-order chi connectivity index (χ1) is 10.1. The molecule has 1 aromatic heterocycles. The van der Waals surface area contributed by atoms with E-state index in [2.05, 4.69) is 15.6 Å². The number of amides is 2. The molecule has 0 saturated heterocycles. The van der Waals surface area contributed by atoms with E-state index in [0.29, 0.717) is 18.5 Å². The summed E-state index contributed by atoms with van der Waals surface area (Å²) in [5.74, 6) is -0.452. The van der Waals surface area contributed by atoms with Crippen molar-refractivity contribution in [2.24, 2.45) is 0 Å². The smallest absolute Gasteiger partial charge is 0.251 e. The summed E-state index contributed by atoms with van der Waals surface area (Å²) in [5.41, 5.74) is 1.52. The van der Waals surface area contributed by atoms with Crippen LogP contribution in [0.4, 0.5) is 0 Å². The van der Waals surface area contributed by atoms with Crippen molar-refractivity contribution in [2.45, 2.75) is 13.3 Å². The summed E-state index contributed by atoms with van der Waals surface area (Å²) in [6, 6.07) is 8.81. The zero-order valence-corrected chi connectivity index (χ0v) is 12.6. The van der Waals surface area contributed by atoms with Crippen LogP contribution in [0.15, 0.2) is 35.7 Å². The molecule has 0 radical (unpaired) electrons. The maximum atomic E-state index is 11.7. The van der Waals surface area contributed by atoms with Crippen LogP contribution in [-0.2, 0) is 11.2 Å².